The minimum absolute atomic E-state index is 0.173. The van der Waals surface area contributed by atoms with Gasteiger partial charge in [0.05, 0.1) is 16.4 Å². The fourth-order valence-electron chi connectivity index (χ4n) is 4.43. The van der Waals surface area contributed by atoms with Crippen molar-refractivity contribution < 1.29 is 12.8 Å². The topological polar surface area (TPSA) is 65.5 Å². The van der Waals surface area contributed by atoms with E-state index in [9.17, 15) is 12.8 Å². The Balaban J connectivity index is 1.68. The Morgan fingerprint density at radius 1 is 1.29 bits per heavy atom. The van der Waals surface area contributed by atoms with Gasteiger partial charge < -0.3 is 4.90 Å². The van der Waals surface area contributed by atoms with Crippen LogP contribution in [0.25, 0.3) is 0 Å². The highest BCUT2D eigenvalue weighted by Crippen LogP contribution is 2.44. The smallest absolute Gasteiger partial charge is 0.266 e. The molecule has 0 spiro atoms. The third-order valence-corrected chi connectivity index (χ3v) is 8.25. The van der Waals surface area contributed by atoms with Crippen molar-refractivity contribution in [2.24, 2.45) is 0 Å². The van der Waals surface area contributed by atoms with Crippen LogP contribution in [0.15, 0.2) is 28.6 Å². The minimum Gasteiger partial charge on any atom is -0.355 e. The number of hydrogen-bond acceptors (Lipinski definition) is 6. The summed E-state index contributed by atoms with van der Waals surface area (Å²) in [5.41, 5.74) is 0.342. The first-order chi connectivity index (χ1) is 13.3. The maximum Gasteiger partial charge on any atom is 0.266 e. The predicted molar refractivity (Wildman–Crippen MR) is 110 cm³/mol. The van der Waals surface area contributed by atoms with E-state index in [2.05, 4.69) is 14.6 Å². The van der Waals surface area contributed by atoms with Gasteiger partial charge in [-0.15, -0.1) is 11.3 Å². The molecule has 2 fully saturated rings. The first-order valence-electron chi connectivity index (χ1n) is 9.24. The van der Waals surface area contributed by atoms with Crippen LogP contribution in [0, 0.1) is 5.82 Å². The molecular weight excluding hydrogens is 423 g/mol. The highest BCUT2D eigenvalue weighted by molar-refractivity contribution is 7.93. The third-order valence-electron chi connectivity index (χ3n) is 5.78. The number of benzene rings is 1. The van der Waals surface area contributed by atoms with Crippen LogP contribution in [-0.4, -0.2) is 44.1 Å². The summed E-state index contributed by atoms with van der Waals surface area (Å²) in [4.78, 5) is 7.88. The van der Waals surface area contributed by atoms with Gasteiger partial charge in [-0.3, -0.25) is 9.62 Å². The van der Waals surface area contributed by atoms with Crippen LogP contribution in [0.3, 0.4) is 0 Å². The van der Waals surface area contributed by atoms with Crippen molar-refractivity contribution in [3.05, 3.63) is 34.5 Å². The van der Waals surface area contributed by atoms with Gasteiger partial charge in [0.1, 0.15) is 10.7 Å². The summed E-state index contributed by atoms with van der Waals surface area (Å²) in [7, 11) is -2.19. The van der Waals surface area contributed by atoms with Gasteiger partial charge in [0.2, 0.25) is 0 Å². The number of piperidine rings is 1. The molecule has 1 aromatic carbocycles. The average molecular weight is 445 g/mol. The van der Waals surface area contributed by atoms with Crippen LogP contribution in [-0.2, 0) is 10.0 Å². The molecule has 2 saturated heterocycles. The second kappa shape index (κ2) is 7.44. The van der Waals surface area contributed by atoms with E-state index < -0.39 is 20.7 Å². The zero-order chi connectivity index (χ0) is 19.9. The van der Waals surface area contributed by atoms with Crippen molar-refractivity contribution in [1.82, 2.24) is 9.88 Å². The van der Waals surface area contributed by atoms with E-state index in [4.69, 9.17) is 11.6 Å². The SMILES string of the molecule is CN(c1cc(F)c(S(=O)(=O)Nc2nccs2)cc1Cl)[C@]12CCCCN1CCC2. The van der Waals surface area contributed by atoms with Crippen LogP contribution in [0.2, 0.25) is 5.02 Å². The second-order valence-corrected chi connectivity index (χ2v) is 10.2. The number of thiazole rings is 1. The zero-order valence-corrected chi connectivity index (χ0v) is 17.9. The molecule has 1 atom stereocenters. The number of fused-ring (bicyclic) bond motifs is 1. The van der Waals surface area contributed by atoms with Gasteiger partial charge in [0, 0.05) is 37.8 Å². The van der Waals surface area contributed by atoms with Crippen molar-refractivity contribution in [1.29, 1.82) is 0 Å². The van der Waals surface area contributed by atoms with E-state index in [1.165, 1.54) is 18.3 Å². The Bertz CT molecular complexity index is 970. The van der Waals surface area contributed by atoms with Crippen molar-refractivity contribution >= 4 is 43.8 Å². The predicted octanol–water partition coefficient (Wildman–Crippen LogP) is 4.15. The summed E-state index contributed by atoms with van der Waals surface area (Å²) < 4.78 is 42.3. The summed E-state index contributed by atoms with van der Waals surface area (Å²) in [6, 6.07) is 2.43. The lowest BCUT2D eigenvalue weighted by Gasteiger charge is -2.49. The molecule has 0 radical (unpaired) electrons. The maximum absolute atomic E-state index is 14.9. The van der Waals surface area contributed by atoms with Crippen molar-refractivity contribution in [2.75, 3.05) is 29.8 Å². The normalized spacial score (nSPS) is 22.8. The van der Waals surface area contributed by atoms with Gasteiger partial charge in [0.25, 0.3) is 10.0 Å². The first kappa shape index (κ1) is 19.9. The number of nitrogens with zero attached hydrogens (tertiary/aromatic N) is 3. The number of nitrogens with one attached hydrogen (secondary N) is 1. The molecule has 2 aromatic rings. The van der Waals surface area contributed by atoms with Gasteiger partial charge >= 0.3 is 0 Å². The standard InChI is InChI=1S/C18H22ClFN4O2S2/c1-23(18-5-2-3-8-24(18)9-4-6-18)15-12-14(20)16(11-13(15)19)28(25,26)22-17-21-7-10-27-17/h7,10-12H,2-6,8-9H2,1H3,(H,21,22)/t18-/m1/s1. The summed E-state index contributed by atoms with van der Waals surface area (Å²) in [5, 5.41) is 2.03. The van der Waals surface area contributed by atoms with E-state index >= 15 is 0 Å². The number of hydrogen-bond donors (Lipinski definition) is 1. The number of anilines is 2. The first-order valence-corrected chi connectivity index (χ1v) is 12.0. The van der Waals surface area contributed by atoms with Crippen molar-refractivity contribution in [2.45, 2.75) is 42.7 Å². The molecule has 0 unspecified atom stereocenters. The van der Waals surface area contributed by atoms with E-state index in [1.54, 1.807) is 5.38 Å². The third kappa shape index (κ3) is 3.38. The monoisotopic (exact) mass is 444 g/mol. The van der Waals surface area contributed by atoms with Gasteiger partial charge in [-0.25, -0.2) is 17.8 Å². The highest BCUT2D eigenvalue weighted by Gasteiger charge is 2.46. The molecule has 1 N–H and O–H groups in total. The maximum atomic E-state index is 14.9. The lowest BCUT2D eigenvalue weighted by atomic mass is 9.93. The summed E-state index contributed by atoms with van der Waals surface area (Å²) in [6.07, 6.45) is 6.83. The molecule has 1 aromatic heterocycles. The number of aromatic nitrogens is 1. The molecule has 3 heterocycles. The largest absolute Gasteiger partial charge is 0.355 e. The molecule has 28 heavy (non-hydrogen) atoms. The van der Waals surface area contributed by atoms with Gasteiger partial charge in [0.15, 0.2) is 5.13 Å². The van der Waals surface area contributed by atoms with Crippen molar-refractivity contribution in [3.8, 4) is 0 Å². The quantitative estimate of drug-likeness (QED) is 0.750. The van der Waals surface area contributed by atoms with Crippen molar-refractivity contribution in [3.63, 3.8) is 0 Å². The molecular formula is C18H22ClFN4O2S2. The van der Waals surface area contributed by atoms with Crippen LogP contribution < -0.4 is 9.62 Å². The molecule has 2 aliphatic heterocycles. The molecule has 6 nitrogen and oxygen atoms in total. The van der Waals surface area contributed by atoms with Crippen LogP contribution in [0.1, 0.15) is 32.1 Å². The van der Waals surface area contributed by atoms with E-state index in [0.29, 0.717) is 5.69 Å². The molecule has 0 saturated carbocycles. The van der Waals surface area contributed by atoms with Crippen LogP contribution >= 0.6 is 22.9 Å². The van der Waals surface area contributed by atoms with Gasteiger partial charge in [-0.2, -0.15) is 0 Å². The Morgan fingerprint density at radius 2 is 2.04 bits per heavy atom. The number of halogens is 2. The molecule has 10 heteroatoms. The Morgan fingerprint density at radius 3 is 2.79 bits per heavy atom. The van der Waals surface area contributed by atoms with Gasteiger partial charge in [-0.1, -0.05) is 11.6 Å². The van der Waals surface area contributed by atoms with Gasteiger partial charge in [-0.05, 0) is 38.2 Å². The Labute approximate surface area is 173 Å². The molecule has 2 aliphatic rings. The second-order valence-electron chi connectivity index (χ2n) is 7.27. The molecule has 152 valence electrons. The number of rotatable bonds is 5. The van der Waals surface area contributed by atoms with E-state index in [0.717, 1.165) is 56.5 Å². The Hall–Kier alpha value is -1.42. The molecule has 4 rings (SSSR count). The molecule has 0 aliphatic carbocycles. The summed E-state index contributed by atoms with van der Waals surface area (Å²) >= 11 is 7.58. The fourth-order valence-corrected chi connectivity index (χ4v) is 6.66. The summed E-state index contributed by atoms with van der Waals surface area (Å²) in [6.45, 7) is 2.04. The zero-order valence-electron chi connectivity index (χ0n) is 15.5. The van der Waals surface area contributed by atoms with E-state index in [1.807, 2.05) is 11.9 Å². The highest BCUT2D eigenvalue weighted by atomic mass is 35.5. The Kier molecular flexibility index (Phi) is 5.28. The molecule has 0 bridgehead atoms. The van der Waals surface area contributed by atoms with Crippen LogP contribution in [0.4, 0.5) is 15.2 Å². The number of sulfonamides is 1. The summed E-state index contributed by atoms with van der Waals surface area (Å²) in [5.74, 6) is -0.827. The fraction of sp³-hybridized carbons (Fsp3) is 0.500. The average Bonchev–Trinajstić information content (AvgIpc) is 3.32. The lowest BCUT2D eigenvalue weighted by Crippen LogP contribution is -2.58. The molecule has 0 amide bonds. The van der Waals surface area contributed by atoms with Crippen LogP contribution in [0.5, 0.6) is 0 Å². The lowest BCUT2D eigenvalue weighted by molar-refractivity contribution is 0.0905. The minimum atomic E-state index is -4.11. The van der Waals surface area contributed by atoms with E-state index in [-0.39, 0.29) is 15.8 Å².